The normalized spacial score (nSPS) is 13.8. The van der Waals surface area contributed by atoms with Crippen molar-refractivity contribution in [3.63, 3.8) is 0 Å². The summed E-state index contributed by atoms with van der Waals surface area (Å²) in [5.74, 6) is 1.02. The first-order valence-corrected chi connectivity index (χ1v) is 4.92. The standard InChI is InChI=1S/C11H15NO2/c12-4-6-13-8-9-1-2-11-10(7-9)3-5-14-11/h1-2,7H,3-6,8,12H2. The quantitative estimate of drug-likeness (QED) is 0.728. The van der Waals surface area contributed by atoms with Crippen molar-refractivity contribution in [2.45, 2.75) is 13.0 Å². The Kier molecular flexibility index (Phi) is 3.01. The zero-order chi connectivity index (χ0) is 9.80. The SMILES string of the molecule is NCCOCc1ccc2c(c1)CCO2. The zero-order valence-corrected chi connectivity index (χ0v) is 8.16. The zero-order valence-electron chi connectivity index (χ0n) is 8.16. The van der Waals surface area contributed by atoms with Crippen LogP contribution in [-0.2, 0) is 17.8 Å². The maximum Gasteiger partial charge on any atom is 0.122 e. The summed E-state index contributed by atoms with van der Waals surface area (Å²) in [6.07, 6.45) is 1.01. The van der Waals surface area contributed by atoms with Gasteiger partial charge in [0.25, 0.3) is 0 Å². The van der Waals surface area contributed by atoms with Crippen molar-refractivity contribution in [2.24, 2.45) is 5.73 Å². The maximum atomic E-state index is 5.42. The molecule has 0 aliphatic carbocycles. The van der Waals surface area contributed by atoms with E-state index >= 15 is 0 Å². The van der Waals surface area contributed by atoms with Gasteiger partial charge >= 0.3 is 0 Å². The molecule has 2 N–H and O–H groups in total. The highest BCUT2D eigenvalue weighted by Crippen LogP contribution is 2.25. The van der Waals surface area contributed by atoms with E-state index in [9.17, 15) is 0 Å². The Hall–Kier alpha value is -1.06. The topological polar surface area (TPSA) is 44.5 Å². The summed E-state index contributed by atoms with van der Waals surface area (Å²) < 4.78 is 10.8. The maximum absolute atomic E-state index is 5.42. The number of fused-ring (bicyclic) bond motifs is 1. The predicted molar refractivity (Wildman–Crippen MR) is 54.4 cm³/mol. The molecule has 1 aromatic carbocycles. The molecule has 3 nitrogen and oxygen atoms in total. The highest BCUT2D eigenvalue weighted by molar-refractivity contribution is 5.39. The molecule has 0 bridgehead atoms. The van der Waals surface area contributed by atoms with E-state index in [2.05, 4.69) is 6.07 Å². The number of rotatable bonds is 4. The summed E-state index contributed by atoms with van der Waals surface area (Å²) in [4.78, 5) is 0. The average molecular weight is 193 g/mol. The lowest BCUT2D eigenvalue weighted by atomic mass is 10.1. The molecule has 0 fully saturated rings. The third kappa shape index (κ3) is 2.05. The summed E-state index contributed by atoms with van der Waals surface area (Å²) in [6, 6.07) is 6.21. The van der Waals surface area contributed by atoms with Crippen LogP contribution in [0, 0.1) is 0 Å². The second kappa shape index (κ2) is 4.44. The van der Waals surface area contributed by atoms with Crippen LogP contribution >= 0.6 is 0 Å². The molecule has 0 amide bonds. The van der Waals surface area contributed by atoms with E-state index in [0.717, 1.165) is 18.8 Å². The molecule has 1 aliphatic heterocycles. The molecular formula is C11H15NO2. The molecule has 0 unspecified atom stereocenters. The van der Waals surface area contributed by atoms with Crippen molar-refractivity contribution in [3.05, 3.63) is 29.3 Å². The Balaban J connectivity index is 1.98. The van der Waals surface area contributed by atoms with E-state index in [1.807, 2.05) is 12.1 Å². The molecule has 1 aliphatic rings. The number of ether oxygens (including phenoxy) is 2. The van der Waals surface area contributed by atoms with Gasteiger partial charge in [-0.2, -0.15) is 0 Å². The van der Waals surface area contributed by atoms with Crippen LogP contribution in [0.2, 0.25) is 0 Å². The molecule has 1 heterocycles. The van der Waals surface area contributed by atoms with Gasteiger partial charge in [-0.25, -0.2) is 0 Å². The fraction of sp³-hybridized carbons (Fsp3) is 0.455. The van der Waals surface area contributed by atoms with E-state index in [1.165, 1.54) is 11.1 Å². The Morgan fingerprint density at radius 2 is 2.36 bits per heavy atom. The molecule has 2 rings (SSSR count). The van der Waals surface area contributed by atoms with Gasteiger partial charge in [-0.15, -0.1) is 0 Å². The van der Waals surface area contributed by atoms with Crippen molar-refractivity contribution >= 4 is 0 Å². The van der Waals surface area contributed by atoms with Gasteiger partial charge in [0.1, 0.15) is 5.75 Å². The summed E-state index contributed by atoms with van der Waals surface area (Å²) in [6.45, 7) is 2.65. The molecule has 0 saturated heterocycles. The Morgan fingerprint density at radius 1 is 1.43 bits per heavy atom. The van der Waals surface area contributed by atoms with E-state index in [1.54, 1.807) is 0 Å². The molecule has 1 aromatic rings. The Morgan fingerprint density at radius 3 is 3.21 bits per heavy atom. The monoisotopic (exact) mass is 193 g/mol. The van der Waals surface area contributed by atoms with Gasteiger partial charge in [0, 0.05) is 13.0 Å². The van der Waals surface area contributed by atoms with Crippen LogP contribution in [0.5, 0.6) is 5.75 Å². The van der Waals surface area contributed by atoms with Gasteiger partial charge in [-0.1, -0.05) is 6.07 Å². The lowest BCUT2D eigenvalue weighted by Crippen LogP contribution is -2.08. The number of hydrogen-bond donors (Lipinski definition) is 1. The molecule has 0 atom stereocenters. The van der Waals surface area contributed by atoms with Gasteiger partial charge in [-0.05, 0) is 23.3 Å². The highest BCUT2D eigenvalue weighted by atomic mass is 16.5. The first kappa shape index (κ1) is 9.49. The Labute approximate surface area is 83.8 Å². The second-order valence-electron chi connectivity index (χ2n) is 3.38. The van der Waals surface area contributed by atoms with Gasteiger partial charge in [0.05, 0.1) is 19.8 Å². The number of hydrogen-bond acceptors (Lipinski definition) is 3. The molecule has 14 heavy (non-hydrogen) atoms. The molecular weight excluding hydrogens is 178 g/mol. The highest BCUT2D eigenvalue weighted by Gasteiger charge is 2.11. The second-order valence-corrected chi connectivity index (χ2v) is 3.38. The van der Waals surface area contributed by atoms with E-state index in [4.69, 9.17) is 15.2 Å². The average Bonchev–Trinajstić information content (AvgIpc) is 2.65. The lowest BCUT2D eigenvalue weighted by molar-refractivity contribution is 0.128. The van der Waals surface area contributed by atoms with Gasteiger partial charge in [0.15, 0.2) is 0 Å². The number of benzene rings is 1. The van der Waals surface area contributed by atoms with Crippen molar-refractivity contribution in [3.8, 4) is 5.75 Å². The first-order valence-electron chi connectivity index (χ1n) is 4.92. The molecule has 0 saturated carbocycles. The Bertz CT molecular complexity index is 312. The van der Waals surface area contributed by atoms with E-state index in [-0.39, 0.29) is 0 Å². The number of nitrogens with two attached hydrogens (primary N) is 1. The van der Waals surface area contributed by atoms with E-state index in [0.29, 0.717) is 19.8 Å². The molecule has 3 heteroatoms. The first-order chi connectivity index (χ1) is 6.90. The smallest absolute Gasteiger partial charge is 0.122 e. The minimum atomic E-state index is 0.577. The van der Waals surface area contributed by atoms with Crippen LogP contribution in [0.15, 0.2) is 18.2 Å². The third-order valence-corrected chi connectivity index (χ3v) is 2.28. The molecule has 76 valence electrons. The summed E-state index contributed by atoms with van der Waals surface area (Å²) in [5, 5.41) is 0. The summed E-state index contributed by atoms with van der Waals surface area (Å²) in [7, 11) is 0. The fourth-order valence-corrected chi connectivity index (χ4v) is 1.60. The largest absolute Gasteiger partial charge is 0.493 e. The van der Waals surface area contributed by atoms with Crippen LogP contribution in [0.4, 0.5) is 0 Å². The minimum absolute atomic E-state index is 0.577. The molecule has 0 spiro atoms. The minimum Gasteiger partial charge on any atom is -0.493 e. The lowest BCUT2D eigenvalue weighted by Gasteiger charge is -2.04. The van der Waals surface area contributed by atoms with Crippen molar-refractivity contribution in [1.29, 1.82) is 0 Å². The van der Waals surface area contributed by atoms with Crippen molar-refractivity contribution in [2.75, 3.05) is 19.8 Å². The predicted octanol–water partition coefficient (Wildman–Crippen LogP) is 1.10. The van der Waals surface area contributed by atoms with Crippen molar-refractivity contribution < 1.29 is 9.47 Å². The van der Waals surface area contributed by atoms with E-state index < -0.39 is 0 Å². The van der Waals surface area contributed by atoms with Crippen LogP contribution in [0.3, 0.4) is 0 Å². The van der Waals surface area contributed by atoms with Gasteiger partial charge in [0.2, 0.25) is 0 Å². The van der Waals surface area contributed by atoms with Crippen LogP contribution in [0.25, 0.3) is 0 Å². The van der Waals surface area contributed by atoms with Crippen LogP contribution in [-0.4, -0.2) is 19.8 Å². The van der Waals surface area contributed by atoms with Crippen LogP contribution in [0.1, 0.15) is 11.1 Å². The van der Waals surface area contributed by atoms with Crippen molar-refractivity contribution in [1.82, 2.24) is 0 Å². The van der Waals surface area contributed by atoms with Crippen LogP contribution < -0.4 is 10.5 Å². The molecule has 0 radical (unpaired) electrons. The molecule has 0 aromatic heterocycles. The fourth-order valence-electron chi connectivity index (χ4n) is 1.60. The summed E-state index contributed by atoms with van der Waals surface area (Å²) >= 11 is 0. The van der Waals surface area contributed by atoms with Gasteiger partial charge in [-0.3, -0.25) is 0 Å². The summed E-state index contributed by atoms with van der Waals surface area (Å²) in [5.41, 5.74) is 7.83. The third-order valence-electron chi connectivity index (χ3n) is 2.28. The van der Waals surface area contributed by atoms with Gasteiger partial charge < -0.3 is 15.2 Å².